The van der Waals surface area contributed by atoms with E-state index in [1.165, 1.54) is 6.07 Å². The highest BCUT2D eigenvalue weighted by Crippen LogP contribution is 2.26. The maximum absolute atomic E-state index is 13.8. The van der Waals surface area contributed by atoms with Crippen molar-refractivity contribution in [3.8, 4) is 0 Å². The number of carbonyl (C=O) groups is 1. The van der Waals surface area contributed by atoms with Crippen LogP contribution in [0.5, 0.6) is 0 Å². The van der Waals surface area contributed by atoms with Crippen LogP contribution in [0.4, 0.5) is 16.0 Å². The van der Waals surface area contributed by atoms with Gasteiger partial charge in [0.15, 0.2) is 0 Å². The summed E-state index contributed by atoms with van der Waals surface area (Å²) in [5.41, 5.74) is 0.919. The van der Waals surface area contributed by atoms with Gasteiger partial charge in [-0.3, -0.25) is 4.79 Å². The number of aryl methyl sites for hydroxylation is 1. The van der Waals surface area contributed by atoms with Crippen LogP contribution < -0.4 is 9.80 Å². The second kappa shape index (κ2) is 8.32. The molecule has 7 nitrogen and oxygen atoms in total. The minimum Gasteiger partial charge on any atom is -0.394 e. The molecule has 1 unspecified atom stereocenters. The average molecular weight is 399 g/mol. The zero-order valence-corrected chi connectivity index (χ0v) is 16.6. The second-order valence-electron chi connectivity index (χ2n) is 7.65. The largest absolute Gasteiger partial charge is 0.394 e. The number of aliphatic hydroxyl groups excluding tert-OH is 1. The number of nitrogens with zero attached hydrogens (tertiary/aromatic N) is 5. The summed E-state index contributed by atoms with van der Waals surface area (Å²) in [6, 6.07) is 6.70. The zero-order valence-electron chi connectivity index (χ0n) is 16.6. The number of anilines is 2. The van der Waals surface area contributed by atoms with E-state index in [1.54, 1.807) is 30.3 Å². The maximum Gasteiger partial charge on any atom is 0.254 e. The van der Waals surface area contributed by atoms with E-state index in [1.807, 2.05) is 6.07 Å². The van der Waals surface area contributed by atoms with Crippen LogP contribution in [-0.2, 0) is 0 Å². The lowest BCUT2D eigenvalue weighted by atomic mass is 10.1. The van der Waals surface area contributed by atoms with Gasteiger partial charge >= 0.3 is 0 Å². The smallest absolute Gasteiger partial charge is 0.254 e. The lowest BCUT2D eigenvalue weighted by Crippen LogP contribution is -2.49. The van der Waals surface area contributed by atoms with Crippen LogP contribution in [0.15, 0.2) is 30.6 Å². The molecule has 0 saturated carbocycles. The third-order valence-corrected chi connectivity index (χ3v) is 5.83. The van der Waals surface area contributed by atoms with Crippen molar-refractivity contribution in [3.05, 3.63) is 47.5 Å². The van der Waals surface area contributed by atoms with E-state index in [4.69, 9.17) is 0 Å². The van der Waals surface area contributed by atoms with Crippen molar-refractivity contribution < 1.29 is 14.3 Å². The molecule has 1 aromatic heterocycles. The molecule has 1 aromatic carbocycles. The van der Waals surface area contributed by atoms with Gasteiger partial charge in [0.2, 0.25) is 0 Å². The van der Waals surface area contributed by atoms with Gasteiger partial charge < -0.3 is 19.8 Å². The van der Waals surface area contributed by atoms with Crippen LogP contribution in [0.1, 0.15) is 28.8 Å². The van der Waals surface area contributed by atoms with Crippen molar-refractivity contribution >= 4 is 17.5 Å². The molecule has 0 spiro atoms. The number of aromatic nitrogens is 2. The van der Waals surface area contributed by atoms with Gasteiger partial charge in [0.1, 0.15) is 23.8 Å². The van der Waals surface area contributed by atoms with Crippen LogP contribution in [0.3, 0.4) is 0 Å². The number of hydrogen-bond donors (Lipinski definition) is 1. The summed E-state index contributed by atoms with van der Waals surface area (Å²) in [6.07, 6.45) is 3.57. The minimum atomic E-state index is -0.355. The number of aliphatic hydroxyl groups is 1. The van der Waals surface area contributed by atoms with E-state index in [-0.39, 0.29) is 24.4 Å². The molecule has 1 amide bonds. The molecule has 1 N–H and O–H groups in total. The van der Waals surface area contributed by atoms with E-state index in [0.29, 0.717) is 37.3 Å². The summed E-state index contributed by atoms with van der Waals surface area (Å²) in [6.45, 7) is 5.10. The molecule has 1 atom stereocenters. The van der Waals surface area contributed by atoms with Crippen LogP contribution in [0.2, 0.25) is 0 Å². The number of halogens is 1. The lowest BCUT2D eigenvalue weighted by molar-refractivity contribution is 0.0746. The molecule has 0 bridgehead atoms. The molecule has 154 valence electrons. The monoisotopic (exact) mass is 399 g/mol. The van der Waals surface area contributed by atoms with Crippen molar-refractivity contribution in [3.63, 3.8) is 0 Å². The Labute approximate surface area is 169 Å². The van der Waals surface area contributed by atoms with Gasteiger partial charge in [-0.25, -0.2) is 14.4 Å². The number of rotatable bonds is 4. The fourth-order valence-corrected chi connectivity index (χ4v) is 4.04. The van der Waals surface area contributed by atoms with Crippen LogP contribution in [-0.4, -0.2) is 71.3 Å². The van der Waals surface area contributed by atoms with Gasteiger partial charge in [0.05, 0.1) is 12.6 Å². The number of amides is 1. The van der Waals surface area contributed by atoms with Gasteiger partial charge in [-0.2, -0.15) is 0 Å². The summed E-state index contributed by atoms with van der Waals surface area (Å²) in [4.78, 5) is 27.5. The van der Waals surface area contributed by atoms with Gasteiger partial charge in [-0.05, 0) is 37.5 Å². The summed E-state index contributed by atoms with van der Waals surface area (Å²) < 4.78 is 13.8. The predicted molar refractivity (Wildman–Crippen MR) is 109 cm³/mol. The van der Waals surface area contributed by atoms with Crippen molar-refractivity contribution in [2.45, 2.75) is 25.8 Å². The van der Waals surface area contributed by atoms with Crippen molar-refractivity contribution in [2.24, 2.45) is 0 Å². The van der Waals surface area contributed by atoms with Crippen molar-refractivity contribution in [2.75, 3.05) is 49.1 Å². The fraction of sp³-hybridized carbons (Fsp3) is 0.476. The molecule has 2 aromatic rings. The van der Waals surface area contributed by atoms with E-state index >= 15 is 0 Å². The highest BCUT2D eigenvalue weighted by molar-refractivity contribution is 5.94. The van der Waals surface area contributed by atoms with Crippen molar-refractivity contribution in [1.82, 2.24) is 14.9 Å². The summed E-state index contributed by atoms with van der Waals surface area (Å²) in [7, 11) is 0. The molecule has 8 heteroatoms. The molecule has 3 heterocycles. The SMILES string of the molecule is Cc1ccc(C(=O)N2CCN(c3cc(N4CCCC4CO)ncn3)CC2)cc1F. The standard InChI is InChI=1S/C21H26FN5O2/c1-15-4-5-16(11-18(15)22)21(29)26-9-7-25(8-10-26)19-12-20(24-14-23-19)27-6-2-3-17(27)13-28/h4-5,11-12,14,17,28H,2-3,6-10,13H2,1H3. The van der Waals surface area contributed by atoms with E-state index in [2.05, 4.69) is 19.8 Å². The Balaban J connectivity index is 1.41. The maximum atomic E-state index is 13.8. The molecule has 0 aliphatic carbocycles. The number of benzene rings is 1. The first-order chi connectivity index (χ1) is 14.1. The molecule has 2 aliphatic rings. The van der Waals surface area contributed by atoms with E-state index in [9.17, 15) is 14.3 Å². The Morgan fingerprint density at radius 1 is 1.14 bits per heavy atom. The average Bonchev–Trinajstić information content (AvgIpc) is 3.24. The molecule has 29 heavy (non-hydrogen) atoms. The fourth-order valence-electron chi connectivity index (χ4n) is 4.04. The lowest BCUT2D eigenvalue weighted by Gasteiger charge is -2.36. The second-order valence-corrected chi connectivity index (χ2v) is 7.65. The molecule has 2 aliphatic heterocycles. The molecule has 2 fully saturated rings. The number of hydrogen-bond acceptors (Lipinski definition) is 6. The van der Waals surface area contributed by atoms with Gasteiger partial charge in [0, 0.05) is 44.4 Å². The van der Waals surface area contributed by atoms with Crippen LogP contribution >= 0.6 is 0 Å². The van der Waals surface area contributed by atoms with Gasteiger partial charge in [0.25, 0.3) is 5.91 Å². The van der Waals surface area contributed by atoms with E-state index < -0.39 is 0 Å². The number of carbonyl (C=O) groups excluding carboxylic acids is 1. The Bertz CT molecular complexity index is 885. The normalized spacial score (nSPS) is 19.7. The molecule has 4 rings (SSSR count). The Morgan fingerprint density at radius 3 is 2.62 bits per heavy atom. The zero-order chi connectivity index (χ0) is 20.4. The van der Waals surface area contributed by atoms with Gasteiger partial charge in [-0.15, -0.1) is 0 Å². The van der Waals surface area contributed by atoms with Crippen molar-refractivity contribution in [1.29, 1.82) is 0 Å². The third kappa shape index (κ3) is 4.03. The predicted octanol–water partition coefficient (Wildman–Crippen LogP) is 1.85. The molecular weight excluding hydrogens is 373 g/mol. The highest BCUT2D eigenvalue weighted by Gasteiger charge is 2.27. The summed E-state index contributed by atoms with van der Waals surface area (Å²) in [5, 5.41) is 9.57. The van der Waals surface area contributed by atoms with Gasteiger partial charge in [-0.1, -0.05) is 6.07 Å². The topological polar surface area (TPSA) is 72.8 Å². The summed E-state index contributed by atoms with van der Waals surface area (Å²) >= 11 is 0. The first kappa shape index (κ1) is 19.6. The van der Waals surface area contributed by atoms with Crippen LogP contribution in [0.25, 0.3) is 0 Å². The Morgan fingerprint density at radius 2 is 1.90 bits per heavy atom. The number of piperazine rings is 1. The summed E-state index contributed by atoms with van der Waals surface area (Å²) in [5.74, 6) is 1.16. The highest BCUT2D eigenvalue weighted by atomic mass is 19.1. The first-order valence-electron chi connectivity index (χ1n) is 10.1. The first-order valence-corrected chi connectivity index (χ1v) is 10.1. The third-order valence-electron chi connectivity index (χ3n) is 5.83. The van der Waals surface area contributed by atoms with E-state index in [0.717, 1.165) is 31.0 Å². The molecule has 0 radical (unpaired) electrons. The molecule has 2 saturated heterocycles. The Kier molecular flexibility index (Phi) is 5.62. The minimum absolute atomic E-state index is 0.113. The molecular formula is C21H26FN5O2. The van der Waals surface area contributed by atoms with Crippen LogP contribution in [0, 0.1) is 12.7 Å². The Hall–Kier alpha value is -2.74. The quantitative estimate of drug-likeness (QED) is 0.846.